The molecule has 7 heteroatoms. The number of fused-ring (bicyclic) bond motifs is 1. The predicted molar refractivity (Wildman–Crippen MR) is 109 cm³/mol. The van der Waals surface area contributed by atoms with Crippen molar-refractivity contribution >= 4 is 21.6 Å². The Kier molecular flexibility index (Phi) is 5.76. The van der Waals surface area contributed by atoms with E-state index in [1.165, 1.54) is 10.4 Å². The average molecular weight is 403 g/mol. The zero-order valence-corrected chi connectivity index (χ0v) is 17.5. The molecule has 0 bridgehead atoms. The van der Waals surface area contributed by atoms with Gasteiger partial charge in [-0.25, -0.2) is 8.42 Å². The second kappa shape index (κ2) is 7.93. The maximum absolute atomic E-state index is 12.9. The highest BCUT2D eigenvalue weighted by Crippen LogP contribution is 2.30. The Morgan fingerprint density at radius 1 is 1.18 bits per heavy atom. The molecule has 1 heterocycles. The Labute approximate surface area is 166 Å². The lowest BCUT2D eigenvalue weighted by atomic mass is 10.1. The monoisotopic (exact) mass is 402 g/mol. The molecular formula is C21H26N2O4S. The normalized spacial score (nSPS) is 16.0. The van der Waals surface area contributed by atoms with E-state index in [2.05, 4.69) is 5.32 Å². The van der Waals surface area contributed by atoms with Gasteiger partial charge >= 0.3 is 0 Å². The first-order chi connectivity index (χ1) is 13.3. The standard InChI is InChI=1S/C21H26N2O4S/c1-5-23(6-2)28(25,26)17-11-14(3)15(4)18(13-17)22-21(24)20-12-16-9-7-8-10-19(16)27-20/h7-11,13,20H,5-6,12H2,1-4H3,(H,22,24). The molecular weight excluding hydrogens is 376 g/mol. The number of amides is 1. The molecule has 2 aromatic rings. The molecule has 0 saturated carbocycles. The number of para-hydroxylation sites is 1. The number of carbonyl (C=O) groups is 1. The fraction of sp³-hybridized carbons (Fsp3) is 0.381. The number of sulfonamides is 1. The Morgan fingerprint density at radius 3 is 2.50 bits per heavy atom. The summed E-state index contributed by atoms with van der Waals surface area (Å²) in [6.07, 6.45) is -0.127. The lowest BCUT2D eigenvalue weighted by molar-refractivity contribution is -0.122. The minimum absolute atomic E-state index is 0.185. The van der Waals surface area contributed by atoms with Gasteiger partial charge in [-0.3, -0.25) is 4.79 Å². The van der Waals surface area contributed by atoms with E-state index in [1.807, 2.05) is 38.1 Å². The Hall–Kier alpha value is -2.38. The fourth-order valence-corrected chi connectivity index (χ4v) is 4.93. The largest absolute Gasteiger partial charge is 0.480 e. The lowest BCUT2D eigenvalue weighted by Gasteiger charge is -2.21. The molecule has 1 N–H and O–H groups in total. The van der Waals surface area contributed by atoms with Crippen LogP contribution in [-0.2, 0) is 21.2 Å². The molecule has 1 amide bonds. The summed E-state index contributed by atoms with van der Waals surface area (Å²) >= 11 is 0. The molecule has 0 aliphatic carbocycles. The fourth-order valence-electron chi connectivity index (χ4n) is 3.36. The van der Waals surface area contributed by atoms with Gasteiger partial charge in [-0.2, -0.15) is 4.31 Å². The molecule has 1 atom stereocenters. The summed E-state index contributed by atoms with van der Waals surface area (Å²) < 4.78 is 32.9. The highest BCUT2D eigenvalue weighted by molar-refractivity contribution is 7.89. The van der Waals surface area contributed by atoms with Crippen molar-refractivity contribution in [3.63, 3.8) is 0 Å². The van der Waals surface area contributed by atoms with Crippen molar-refractivity contribution < 1.29 is 17.9 Å². The summed E-state index contributed by atoms with van der Waals surface area (Å²) in [5.74, 6) is 0.435. The van der Waals surface area contributed by atoms with Crippen LogP contribution >= 0.6 is 0 Å². The van der Waals surface area contributed by atoms with Gasteiger partial charge in [0.1, 0.15) is 5.75 Å². The number of rotatable bonds is 6. The van der Waals surface area contributed by atoms with Crippen LogP contribution in [0.3, 0.4) is 0 Å². The third kappa shape index (κ3) is 3.77. The van der Waals surface area contributed by atoms with Gasteiger partial charge in [-0.1, -0.05) is 32.0 Å². The molecule has 0 spiro atoms. The molecule has 0 fully saturated rings. The molecule has 6 nitrogen and oxygen atoms in total. The third-order valence-corrected chi connectivity index (χ3v) is 7.21. The first-order valence-corrected chi connectivity index (χ1v) is 10.9. The maximum atomic E-state index is 12.9. The van der Waals surface area contributed by atoms with Crippen LogP contribution in [0.4, 0.5) is 5.69 Å². The van der Waals surface area contributed by atoms with Gasteiger partial charge in [0.05, 0.1) is 4.90 Å². The number of anilines is 1. The molecule has 1 aliphatic heterocycles. The van der Waals surface area contributed by atoms with Gasteiger partial charge < -0.3 is 10.1 Å². The molecule has 1 unspecified atom stereocenters. The van der Waals surface area contributed by atoms with Gasteiger partial charge in [0.2, 0.25) is 10.0 Å². The van der Waals surface area contributed by atoms with Crippen LogP contribution in [0.15, 0.2) is 41.3 Å². The maximum Gasteiger partial charge on any atom is 0.265 e. The molecule has 2 aromatic carbocycles. The number of nitrogens with zero attached hydrogens (tertiary/aromatic N) is 1. The van der Waals surface area contributed by atoms with Crippen LogP contribution in [0.2, 0.25) is 0 Å². The van der Waals surface area contributed by atoms with Gasteiger partial charge in [0, 0.05) is 25.2 Å². The zero-order valence-electron chi connectivity index (χ0n) is 16.7. The van der Waals surface area contributed by atoms with Crippen LogP contribution in [-0.4, -0.2) is 37.8 Å². The van der Waals surface area contributed by atoms with E-state index in [1.54, 1.807) is 19.9 Å². The molecule has 0 aromatic heterocycles. The van der Waals surface area contributed by atoms with Crippen LogP contribution in [0.5, 0.6) is 5.75 Å². The van der Waals surface area contributed by atoms with Gasteiger partial charge in [-0.05, 0) is 48.7 Å². The first-order valence-electron chi connectivity index (χ1n) is 9.44. The molecule has 1 aliphatic rings. The van der Waals surface area contributed by atoms with E-state index < -0.39 is 16.1 Å². The average Bonchev–Trinajstić information content (AvgIpc) is 3.10. The minimum atomic E-state index is -3.61. The highest BCUT2D eigenvalue weighted by atomic mass is 32.2. The van der Waals surface area contributed by atoms with Crippen molar-refractivity contribution in [1.82, 2.24) is 4.31 Å². The zero-order chi connectivity index (χ0) is 20.5. The van der Waals surface area contributed by atoms with Gasteiger partial charge in [0.25, 0.3) is 5.91 Å². The summed E-state index contributed by atoms with van der Waals surface area (Å²) in [6, 6.07) is 10.8. The topological polar surface area (TPSA) is 75.7 Å². The minimum Gasteiger partial charge on any atom is -0.480 e. The first kappa shape index (κ1) is 20.4. The van der Waals surface area contributed by atoms with Gasteiger partial charge in [-0.15, -0.1) is 0 Å². The van der Waals surface area contributed by atoms with E-state index in [0.29, 0.717) is 30.9 Å². The summed E-state index contributed by atoms with van der Waals surface area (Å²) in [7, 11) is -3.61. The predicted octanol–water partition coefficient (Wildman–Crippen LogP) is 3.28. The molecule has 0 radical (unpaired) electrons. The summed E-state index contributed by atoms with van der Waals surface area (Å²) in [5, 5.41) is 2.87. The number of carbonyl (C=O) groups excluding carboxylic acids is 1. The van der Waals surface area contributed by atoms with Crippen molar-refractivity contribution in [2.24, 2.45) is 0 Å². The molecule has 3 rings (SSSR count). The van der Waals surface area contributed by atoms with Crippen LogP contribution in [0.25, 0.3) is 0 Å². The van der Waals surface area contributed by atoms with Crippen LogP contribution in [0.1, 0.15) is 30.5 Å². The van der Waals surface area contributed by atoms with Crippen molar-refractivity contribution in [2.75, 3.05) is 18.4 Å². The molecule has 0 saturated heterocycles. The van der Waals surface area contributed by atoms with Crippen molar-refractivity contribution in [1.29, 1.82) is 0 Å². The third-order valence-electron chi connectivity index (χ3n) is 5.18. The number of hydrogen-bond acceptors (Lipinski definition) is 4. The Bertz CT molecular complexity index is 972. The lowest BCUT2D eigenvalue weighted by Crippen LogP contribution is -2.32. The molecule has 150 valence electrons. The van der Waals surface area contributed by atoms with E-state index >= 15 is 0 Å². The van der Waals surface area contributed by atoms with Crippen molar-refractivity contribution in [2.45, 2.75) is 45.1 Å². The summed E-state index contributed by atoms with van der Waals surface area (Å²) in [6.45, 7) is 8.10. The van der Waals surface area contributed by atoms with E-state index in [0.717, 1.165) is 16.7 Å². The van der Waals surface area contributed by atoms with Gasteiger partial charge in [0.15, 0.2) is 6.10 Å². The van der Waals surface area contributed by atoms with E-state index in [4.69, 9.17) is 4.74 Å². The highest BCUT2D eigenvalue weighted by Gasteiger charge is 2.30. The number of hydrogen-bond donors (Lipinski definition) is 1. The van der Waals surface area contributed by atoms with E-state index in [-0.39, 0.29) is 10.8 Å². The summed E-state index contributed by atoms with van der Waals surface area (Å²) in [4.78, 5) is 12.9. The Balaban J connectivity index is 1.87. The second-order valence-corrected chi connectivity index (χ2v) is 8.85. The quantitative estimate of drug-likeness (QED) is 0.805. The van der Waals surface area contributed by atoms with Crippen molar-refractivity contribution in [3.8, 4) is 5.75 Å². The number of ether oxygens (including phenoxy) is 1. The smallest absolute Gasteiger partial charge is 0.265 e. The summed E-state index contributed by atoms with van der Waals surface area (Å²) in [5.41, 5.74) is 3.13. The second-order valence-electron chi connectivity index (χ2n) is 6.91. The number of nitrogens with one attached hydrogen (secondary N) is 1. The number of benzene rings is 2. The number of aryl methyl sites for hydroxylation is 1. The van der Waals surface area contributed by atoms with Crippen LogP contribution in [0, 0.1) is 13.8 Å². The van der Waals surface area contributed by atoms with Crippen LogP contribution < -0.4 is 10.1 Å². The van der Waals surface area contributed by atoms with Crippen molar-refractivity contribution in [3.05, 3.63) is 53.1 Å². The Morgan fingerprint density at radius 2 is 1.86 bits per heavy atom. The van der Waals surface area contributed by atoms with E-state index in [9.17, 15) is 13.2 Å². The SMILES string of the molecule is CCN(CC)S(=O)(=O)c1cc(C)c(C)c(NC(=O)C2Cc3ccccc3O2)c1. The molecule has 28 heavy (non-hydrogen) atoms.